The third-order valence-electron chi connectivity index (χ3n) is 2.36. The number of aliphatic carboxylic acids is 1. The van der Waals surface area contributed by atoms with E-state index in [0.29, 0.717) is 5.56 Å². The van der Waals surface area contributed by atoms with Crippen LogP contribution in [0.25, 0.3) is 0 Å². The summed E-state index contributed by atoms with van der Waals surface area (Å²) in [4.78, 5) is 10.6. The van der Waals surface area contributed by atoms with Crippen molar-refractivity contribution in [3.05, 3.63) is 23.3 Å². The minimum absolute atomic E-state index is 0.000136. The fourth-order valence-electron chi connectivity index (χ4n) is 1.30. The summed E-state index contributed by atoms with van der Waals surface area (Å²) in [5.41, 5.74) is 12.7. The molecule has 1 aromatic rings. The number of nitrogens with two attached hydrogens (primary N) is 2. The third-order valence-corrected chi connectivity index (χ3v) is 2.36. The van der Waals surface area contributed by atoms with E-state index in [1.807, 2.05) is 0 Å². The van der Waals surface area contributed by atoms with Gasteiger partial charge in [0.2, 0.25) is 0 Å². The largest absolute Gasteiger partial charge is 0.506 e. The van der Waals surface area contributed by atoms with E-state index in [0.717, 1.165) is 5.56 Å². The Balaban J connectivity index is 2.97. The lowest BCUT2D eigenvalue weighted by molar-refractivity contribution is -0.138. The first-order valence-corrected chi connectivity index (χ1v) is 4.48. The molecular weight excluding hydrogens is 196 g/mol. The van der Waals surface area contributed by atoms with Gasteiger partial charge in [-0.15, -0.1) is 0 Å². The molecule has 1 atom stereocenters. The molecule has 6 N–H and O–H groups in total. The van der Waals surface area contributed by atoms with Gasteiger partial charge in [0.1, 0.15) is 11.8 Å². The normalized spacial score (nSPS) is 12.4. The fraction of sp³-hybridized carbons (Fsp3) is 0.300. The first-order valence-electron chi connectivity index (χ1n) is 4.48. The maximum absolute atomic E-state index is 10.6. The van der Waals surface area contributed by atoms with E-state index < -0.39 is 12.0 Å². The summed E-state index contributed by atoms with van der Waals surface area (Å²) in [5, 5.41) is 17.9. The molecule has 0 saturated carbocycles. The van der Waals surface area contributed by atoms with Crippen LogP contribution in [-0.2, 0) is 11.2 Å². The highest BCUT2D eigenvalue weighted by Crippen LogP contribution is 2.26. The number of carboxylic acids is 1. The highest BCUT2D eigenvalue weighted by atomic mass is 16.4. The molecule has 0 heterocycles. The van der Waals surface area contributed by atoms with Crippen LogP contribution in [0, 0.1) is 6.92 Å². The van der Waals surface area contributed by atoms with Crippen LogP contribution in [-0.4, -0.2) is 22.2 Å². The zero-order chi connectivity index (χ0) is 11.6. The third kappa shape index (κ3) is 2.38. The smallest absolute Gasteiger partial charge is 0.320 e. The molecule has 0 bridgehead atoms. The Bertz CT molecular complexity index is 390. The molecule has 5 heteroatoms. The summed E-state index contributed by atoms with van der Waals surface area (Å²) in [6.07, 6.45) is 0.200. The number of anilines is 1. The van der Waals surface area contributed by atoms with Crippen LogP contribution >= 0.6 is 0 Å². The van der Waals surface area contributed by atoms with Gasteiger partial charge in [0, 0.05) is 0 Å². The highest BCUT2D eigenvalue weighted by molar-refractivity contribution is 5.74. The Morgan fingerprint density at radius 2 is 2.13 bits per heavy atom. The van der Waals surface area contributed by atoms with Gasteiger partial charge >= 0.3 is 5.97 Å². The molecular formula is C10H14N2O3. The Labute approximate surface area is 87.3 Å². The number of carboxylic acid groups (broad SMARTS) is 1. The summed E-state index contributed by atoms with van der Waals surface area (Å²) in [7, 11) is 0. The SMILES string of the molecule is Cc1c(C[C@H](N)C(=O)O)ccc(O)c1N. The van der Waals surface area contributed by atoms with E-state index in [9.17, 15) is 9.90 Å². The number of phenols is 1. The minimum Gasteiger partial charge on any atom is -0.506 e. The average molecular weight is 210 g/mol. The average Bonchev–Trinajstić information content (AvgIpc) is 2.18. The molecule has 0 radical (unpaired) electrons. The molecule has 15 heavy (non-hydrogen) atoms. The van der Waals surface area contributed by atoms with E-state index in [4.69, 9.17) is 16.6 Å². The van der Waals surface area contributed by atoms with Crippen molar-refractivity contribution < 1.29 is 15.0 Å². The molecule has 1 rings (SSSR count). The second-order valence-corrected chi connectivity index (χ2v) is 3.43. The van der Waals surface area contributed by atoms with Gasteiger partial charge < -0.3 is 21.7 Å². The molecule has 0 aliphatic carbocycles. The Morgan fingerprint density at radius 1 is 1.53 bits per heavy atom. The lowest BCUT2D eigenvalue weighted by Gasteiger charge is -2.12. The van der Waals surface area contributed by atoms with E-state index in [1.165, 1.54) is 6.07 Å². The fourth-order valence-corrected chi connectivity index (χ4v) is 1.30. The van der Waals surface area contributed by atoms with Crippen molar-refractivity contribution in [2.24, 2.45) is 5.73 Å². The molecule has 5 nitrogen and oxygen atoms in total. The lowest BCUT2D eigenvalue weighted by atomic mass is 10.00. The Morgan fingerprint density at radius 3 is 2.67 bits per heavy atom. The van der Waals surface area contributed by atoms with E-state index in [1.54, 1.807) is 13.0 Å². The summed E-state index contributed by atoms with van der Waals surface area (Å²) < 4.78 is 0. The maximum atomic E-state index is 10.6. The molecule has 0 aromatic heterocycles. The molecule has 0 unspecified atom stereocenters. The van der Waals surface area contributed by atoms with Crippen LogP contribution < -0.4 is 11.5 Å². The lowest BCUT2D eigenvalue weighted by Crippen LogP contribution is -2.32. The van der Waals surface area contributed by atoms with Gasteiger partial charge in [-0.1, -0.05) is 6.07 Å². The first-order chi connectivity index (χ1) is 6.93. The number of phenolic OH excluding ortho intramolecular Hbond substituents is 1. The maximum Gasteiger partial charge on any atom is 0.320 e. The number of aromatic hydroxyl groups is 1. The van der Waals surface area contributed by atoms with Crippen LogP contribution in [0.15, 0.2) is 12.1 Å². The van der Waals surface area contributed by atoms with Crippen molar-refractivity contribution in [1.82, 2.24) is 0 Å². The predicted molar refractivity (Wildman–Crippen MR) is 56.6 cm³/mol. The molecule has 0 saturated heterocycles. The standard InChI is InChI=1S/C10H14N2O3/c1-5-6(4-7(11)10(14)15)2-3-8(13)9(5)12/h2-3,7,13H,4,11-12H2,1H3,(H,14,15)/t7-/m0/s1. The monoisotopic (exact) mass is 210 g/mol. The van der Waals surface area contributed by atoms with Gasteiger partial charge in [-0.2, -0.15) is 0 Å². The van der Waals surface area contributed by atoms with Crippen molar-refractivity contribution >= 4 is 11.7 Å². The number of hydrogen-bond donors (Lipinski definition) is 4. The number of carbonyl (C=O) groups is 1. The van der Waals surface area contributed by atoms with E-state index in [2.05, 4.69) is 0 Å². The zero-order valence-corrected chi connectivity index (χ0v) is 8.40. The number of rotatable bonds is 3. The van der Waals surface area contributed by atoms with Crippen molar-refractivity contribution in [3.8, 4) is 5.75 Å². The van der Waals surface area contributed by atoms with Crippen LogP contribution in [0.3, 0.4) is 0 Å². The number of nitrogen functional groups attached to an aromatic ring is 1. The van der Waals surface area contributed by atoms with Gasteiger partial charge in [0.05, 0.1) is 5.69 Å². The van der Waals surface area contributed by atoms with Crippen LogP contribution in [0.5, 0.6) is 5.75 Å². The summed E-state index contributed by atoms with van der Waals surface area (Å²) in [6.45, 7) is 1.72. The molecule has 82 valence electrons. The van der Waals surface area contributed by atoms with E-state index in [-0.39, 0.29) is 17.9 Å². The van der Waals surface area contributed by atoms with Crippen LogP contribution in [0.4, 0.5) is 5.69 Å². The number of benzene rings is 1. The molecule has 0 amide bonds. The van der Waals surface area contributed by atoms with Crippen LogP contribution in [0.1, 0.15) is 11.1 Å². The molecule has 0 aliphatic heterocycles. The minimum atomic E-state index is -1.05. The Hall–Kier alpha value is -1.75. The van der Waals surface area contributed by atoms with Crippen molar-refractivity contribution in [3.63, 3.8) is 0 Å². The second kappa shape index (κ2) is 4.18. The second-order valence-electron chi connectivity index (χ2n) is 3.43. The summed E-state index contributed by atoms with van der Waals surface area (Å²) >= 11 is 0. The molecule has 1 aromatic carbocycles. The van der Waals surface area contributed by atoms with Crippen molar-refractivity contribution in [2.75, 3.05) is 5.73 Å². The van der Waals surface area contributed by atoms with E-state index >= 15 is 0 Å². The van der Waals surface area contributed by atoms with Gasteiger partial charge in [-0.3, -0.25) is 4.79 Å². The zero-order valence-electron chi connectivity index (χ0n) is 8.40. The summed E-state index contributed by atoms with van der Waals surface area (Å²) in [6, 6.07) is 2.11. The predicted octanol–water partition coefficient (Wildman–Crippen LogP) is 0.237. The topological polar surface area (TPSA) is 110 Å². The molecule has 0 spiro atoms. The van der Waals surface area contributed by atoms with Crippen molar-refractivity contribution in [1.29, 1.82) is 0 Å². The Kier molecular flexibility index (Phi) is 3.16. The highest BCUT2D eigenvalue weighted by Gasteiger charge is 2.15. The van der Waals surface area contributed by atoms with Gasteiger partial charge in [-0.25, -0.2) is 0 Å². The van der Waals surface area contributed by atoms with Crippen LogP contribution in [0.2, 0.25) is 0 Å². The van der Waals surface area contributed by atoms with Gasteiger partial charge in [-0.05, 0) is 30.5 Å². The van der Waals surface area contributed by atoms with Gasteiger partial charge in [0.15, 0.2) is 0 Å². The molecule has 0 aliphatic rings. The first kappa shape index (κ1) is 11.3. The molecule has 0 fully saturated rings. The van der Waals surface area contributed by atoms with Crippen molar-refractivity contribution in [2.45, 2.75) is 19.4 Å². The summed E-state index contributed by atoms with van der Waals surface area (Å²) in [5.74, 6) is -1.05. The van der Waals surface area contributed by atoms with Gasteiger partial charge in [0.25, 0.3) is 0 Å². The quantitative estimate of drug-likeness (QED) is 0.422. The number of hydrogen-bond acceptors (Lipinski definition) is 4.